The van der Waals surface area contributed by atoms with Gasteiger partial charge in [0.25, 0.3) is 0 Å². The topological polar surface area (TPSA) is 38.3 Å². The van der Waals surface area contributed by atoms with Crippen molar-refractivity contribution in [2.75, 3.05) is 6.54 Å². The minimum atomic E-state index is -2.38. The average molecular weight is 444 g/mol. The van der Waals surface area contributed by atoms with Crippen molar-refractivity contribution in [1.29, 1.82) is 0 Å². The van der Waals surface area contributed by atoms with E-state index in [1.807, 2.05) is 20.8 Å². The van der Waals surface area contributed by atoms with Gasteiger partial charge in [0.15, 0.2) is 0 Å². The molecule has 0 saturated heterocycles. The van der Waals surface area contributed by atoms with Crippen LogP contribution in [0.1, 0.15) is 80.1 Å². The minimum absolute atomic E-state index is 0.367. The summed E-state index contributed by atoms with van der Waals surface area (Å²) in [5.74, 6) is 3.30. The summed E-state index contributed by atoms with van der Waals surface area (Å²) in [4.78, 5) is 11.7. The first-order valence-corrected chi connectivity index (χ1v) is 17.2. The van der Waals surface area contributed by atoms with Gasteiger partial charge >= 0.3 is 155 Å². The predicted molar refractivity (Wildman–Crippen MR) is 107 cm³/mol. The second-order valence-corrected chi connectivity index (χ2v) is 20.1. The summed E-state index contributed by atoms with van der Waals surface area (Å²) < 4.78 is 13.1. The van der Waals surface area contributed by atoms with Crippen LogP contribution in [0.5, 0.6) is 0 Å². The number of nitrogens with one attached hydrogen (secondary N) is 1. The molecule has 24 heavy (non-hydrogen) atoms. The van der Waals surface area contributed by atoms with E-state index < -0.39 is 24.0 Å². The van der Waals surface area contributed by atoms with Gasteiger partial charge in [-0.3, -0.25) is 0 Å². The zero-order valence-corrected chi connectivity index (χ0v) is 19.7. The van der Waals surface area contributed by atoms with E-state index in [0.29, 0.717) is 6.54 Å². The zero-order chi connectivity index (χ0) is 18.5. The molecule has 0 aromatic carbocycles. The van der Waals surface area contributed by atoms with Gasteiger partial charge in [0.05, 0.1) is 0 Å². The average Bonchev–Trinajstić information content (AvgIpc) is 2.50. The van der Waals surface area contributed by atoms with Crippen LogP contribution in [0, 0.1) is 9.86 Å². The first kappa shape index (κ1) is 23.6. The van der Waals surface area contributed by atoms with Crippen LogP contribution in [-0.4, -0.2) is 36.6 Å². The Kier molecular flexibility index (Phi) is 12.7. The number of rotatable bonds is 10. The number of hydrogen-bond acceptors (Lipinski definition) is 2. The van der Waals surface area contributed by atoms with Crippen LogP contribution in [0.25, 0.3) is 0 Å². The zero-order valence-electron chi connectivity index (χ0n) is 16.9. The third kappa shape index (κ3) is 12.1. The Labute approximate surface area is 154 Å². The number of hydrogen-bond donors (Lipinski definition) is 1. The monoisotopic (exact) mass is 445 g/mol. The van der Waals surface area contributed by atoms with Crippen LogP contribution >= 0.6 is 0 Å². The Bertz CT molecular complexity index is 382. The number of alkyl carbamates (subject to hydrolysis) is 1. The molecule has 1 N–H and O–H groups in total. The van der Waals surface area contributed by atoms with Crippen LogP contribution < -0.4 is 5.32 Å². The maximum absolute atomic E-state index is 11.7. The van der Waals surface area contributed by atoms with Crippen LogP contribution in [-0.2, 0) is 4.74 Å². The van der Waals surface area contributed by atoms with Gasteiger partial charge < -0.3 is 0 Å². The van der Waals surface area contributed by atoms with Gasteiger partial charge in [-0.05, 0) is 0 Å². The molecule has 3 nitrogen and oxygen atoms in total. The third-order valence-corrected chi connectivity index (χ3v) is 17.3. The fraction of sp³-hybridized carbons (Fsp3) is 0.850. The van der Waals surface area contributed by atoms with Crippen molar-refractivity contribution in [3.8, 4) is 9.86 Å². The van der Waals surface area contributed by atoms with Crippen LogP contribution in [0.4, 0.5) is 4.79 Å². The number of carbonyl (C=O) groups excluding carboxylic acids is 1. The van der Waals surface area contributed by atoms with Crippen molar-refractivity contribution >= 4 is 24.5 Å². The van der Waals surface area contributed by atoms with Gasteiger partial charge in [-0.15, -0.1) is 0 Å². The molecule has 0 unspecified atom stereocenters. The third-order valence-electron chi connectivity index (χ3n) is 4.10. The van der Waals surface area contributed by atoms with Gasteiger partial charge in [-0.1, -0.05) is 0 Å². The molecular weight excluding hydrogens is 405 g/mol. The molecule has 0 fully saturated rings. The maximum atomic E-state index is 11.7. The van der Waals surface area contributed by atoms with Crippen LogP contribution in [0.3, 0.4) is 0 Å². The molecular formula is C20H39NO2Sn. The standard InChI is InChI=1S/C8H12NO2.3C4H9.Sn/c1-5-6-9-7(10)11-8(2,3)4;3*1-3-4-2;/h6H2,2-4H3,(H,9,10);3*1,3-4H2,2H3;. The van der Waals surface area contributed by atoms with Gasteiger partial charge in [0.2, 0.25) is 0 Å². The fourth-order valence-electron chi connectivity index (χ4n) is 2.77. The van der Waals surface area contributed by atoms with Gasteiger partial charge in [0.1, 0.15) is 0 Å². The molecule has 0 saturated carbocycles. The second kappa shape index (κ2) is 12.9. The Morgan fingerprint density at radius 3 is 1.79 bits per heavy atom. The summed E-state index contributed by atoms with van der Waals surface area (Å²) in [7, 11) is 0. The molecule has 1 amide bonds. The van der Waals surface area contributed by atoms with Crippen molar-refractivity contribution in [2.45, 2.75) is 99.0 Å². The molecule has 0 aromatic rings. The first-order chi connectivity index (χ1) is 11.3. The second-order valence-electron chi connectivity index (χ2n) is 7.75. The molecule has 0 spiro atoms. The molecule has 0 bridgehead atoms. The van der Waals surface area contributed by atoms with Crippen molar-refractivity contribution in [1.82, 2.24) is 5.32 Å². The van der Waals surface area contributed by atoms with E-state index in [1.54, 1.807) is 0 Å². The van der Waals surface area contributed by atoms with Gasteiger partial charge in [-0.25, -0.2) is 0 Å². The Balaban J connectivity index is 4.80. The number of amides is 1. The normalized spacial score (nSPS) is 11.6. The van der Waals surface area contributed by atoms with Crippen LogP contribution in [0.15, 0.2) is 0 Å². The number of unbranched alkanes of at least 4 members (excludes halogenated alkanes) is 3. The molecule has 4 heteroatoms. The summed E-state index contributed by atoms with van der Waals surface area (Å²) in [6, 6.07) is 0. The Morgan fingerprint density at radius 2 is 1.42 bits per heavy atom. The molecule has 0 rings (SSSR count). The van der Waals surface area contributed by atoms with E-state index >= 15 is 0 Å². The van der Waals surface area contributed by atoms with E-state index in [0.717, 1.165) is 0 Å². The summed E-state index contributed by atoms with van der Waals surface area (Å²) in [5, 5.41) is 2.78. The van der Waals surface area contributed by atoms with Gasteiger partial charge in [-0.2, -0.15) is 0 Å². The fourth-order valence-corrected chi connectivity index (χ4v) is 16.1. The number of ether oxygens (including phenoxy) is 1. The van der Waals surface area contributed by atoms with E-state index in [9.17, 15) is 4.79 Å². The SMILES string of the molecule is CCC[CH2][Sn]([C]#CCNC(=O)OC(C)(C)C)([CH2]CCC)[CH2]CCC. The van der Waals surface area contributed by atoms with Crippen molar-refractivity contribution in [2.24, 2.45) is 0 Å². The number of carbonyl (C=O) groups is 1. The Morgan fingerprint density at radius 1 is 0.958 bits per heavy atom. The first-order valence-electron chi connectivity index (χ1n) is 9.75. The Hall–Kier alpha value is -0.371. The van der Waals surface area contributed by atoms with Gasteiger partial charge in [0, 0.05) is 0 Å². The summed E-state index contributed by atoms with van der Waals surface area (Å²) in [6.07, 6.45) is 7.36. The van der Waals surface area contributed by atoms with Crippen molar-refractivity contribution in [3.63, 3.8) is 0 Å². The van der Waals surface area contributed by atoms with E-state index in [1.165, 1.54) is 51.8 Å². The van der Waals surface area contributed by atoms with Crippen molar-refractivity contribution in [3.05, 3.63) is 0 Å². The molecule has 0 atom stereocenters. The van der Waals surface area contributed by atoms with Crippen molar-refractivity contribution < 1.29 is 9.53 Å². The molecule has 140 valence electrons. The van der Waals surface area contributed by atoms with Crippen LogP contribution in [0.2, 0.25) is 13.3 Å². The van der Waals surface area contributed by atoms with E-state index in [2.05, 4.69) is 35.9 Å². The molecule has 0 aliphatic heterocycles. The molecule has 0 radical (unpaired) electrons. The predicted octanol–water partition coefficient (Wildman–Crippen LogP) is 5.90. The van der Waals surface area contributed by atoms with E-state index in [-0.39, 0.29) is 6.09 Å². The molecule has 0 aromatic heterocycles. The summed E-state index contributed by atoms with van der Waals surface area (Å²) in [5.41, 5.74) is -0.454. The quantitative estimate of drug-likeness (QED) is 0.337. The summed E-state index contributed by atoms with van der Waals surface area (Å²) >= 11 is -2.38. The summed E-state index contributed by atoms with van der Waals surface area (Å²) in [6.45, 7) is 12.9. The van der Waals surface area contributed by atoms with E-state index in [4.69, 9.17) is 4.74 Å². The molecule has 0 aliphatic rings. The molecule has 0 heterocycles. The molecule has 0 aliphatic carbocycles.